The Morgan fingerprint density at radius 2 is 1.90 bits per heavy atom. The lowest BCUT2D eigenvalue weighted by Gasteiger charge is -2.07. The van der Waals surface area contributed by atoms with Crippen LogP contribution in [0, 0.1) is 0 Å². The van der Waals surface area contributed by atoms with Gasteiger partial charge in [-0.2, -0.15) is 0 Å². The minimum absolute atomic E-state index is 0. The Morgan fingerprint density at radius 3 is 2.55 bits per heavy atom. The summed E-state index contributed by atoms with van der Waals surface area (Å²) in [5, 5.41) is 8.32. The molecule has 1 aromatic rings. The summed E-state index contributed by atoms with van der Waals surface area (Å²) in [5.41, 5.74) is 0.619. The van der Waals surface area contributed by atoms with Crippen molar-refractivity contribution in [3.05, 3.63) is 34.3 Å². The fourth-order valence-corrected chi connectivity index (χ4v) is 1.87. The maximum atomic E-state index is 11.8. The molecule has 1 rings (SSSR count). The first-order chi connectivity index (χ1) is 9.13. The minimum atomic E-state index is -0.108. The summed E-state index contributed by atoms with van der Waals surface area (Å²) < 4.78 is 0.875. The molecule has 112 valence electrons. The first-order valence-electron chi connectivity index (χ1n) is 6.08. The monoisotopic (exact) mass is 363 g/mol. The van der Waals surface area contributed by atoms with Crippen molar-refractivity contribution in [1.29, 1.82) is 0 Å². The van der Waals surface area contributed by atoms with Crippen molar-refractivity contribution in [1.82, 2.24) is 16.0 Å². The highest BCUT2D eigenvalue weighted by atomic mass is 79.9. The first kappa shape index (κ1) is 18.9. The molecule has 7 heteroatoms. The van der Waals surface area contributed by atoms with Crippen molar-refractivity contribution in [2.75, 3.05) is 26.7 Å². The maximum Gasteiger partial charge on any atom is 0.251 e. The van der Waals surface area contributed by atoms with E-state index in [1.807, 2.05) is 12.1 Å². The maximum absolute atomic E-state index is 11.8. The first-order valence-corrected chi connectivity index (χ1v) is 6.88. The molecule has 0 unspecified atom stereocenters. The molecule has 20 heavy (non-hydrogen) atoms. The van der Waals surface area contributed by atoms with Crippen LogP contribution < -0.4 is 16.0 Å². The van der Waals surface area contributed by atoms with Crippen LogP contribution >= 0.6 is 28.3 Å². The predicted molar refractivity (Wildman–Crippen MR) is 85.3 cm³/mol. The number of rotatable bonds is 7. The summed E-state index contributed by atoms with van der Waals surface area (Å²) in [6.45, 7) is 1.40. The Kier molecular flexibility index (Phi) is 10.1. The average Bonchev–Trinajstić information content (AvgIpc) is 2.38. The largest absolute Gasteiger partial charge is 0.355 e. The van der Waals surface area contributed by atoms with E-state index >= 15 is 0 Å². The normalized spacial score (nSPS) is 9.50. The molecular formula is C13H19BrClN3O2. The zero-order chi connectivity index (χ0) is 14.1. The SMILES string of the molecule is CNCC(=O)NCCCNC(=O)c1cccc(Br)c1.Cl. The Balaban J connectivity index is 0.00000361. The number of nitrogens with one attached hydrogen (secondary N) is 3. The summed E-state index contributed by atoms with van der Waals surface area (Å²) in [5.74, 6) is -0.149. The van der Waals surface area contributed by atoms with Crippen molar-refractivity contribution >= 4 is 40.2 Å². The second-order valence-corrected chi connectivity index (χ2v) is 4.92. The molecule has 0 bridgehead atoms. The molecule has 1 aromatic carbocycles. The Labute approximate surface area is 133 Å². The number of hydrogen-bond acceptors (Lipinski definition) is 3. The van der Waals surface area contributed by atoms with Gasteiger partial charge in [-0.3, -0.25) is 9.59 Å². The molecule has 0 aromatic heterocycles. The second-order valence-electron chi connectivity index (χ2n) is 4.00. The molecule has 0 spiro atoms. The summed E-state index contributed by atoms with van der Waals surface area (Å²) in [6, 6.07) is 7.21. The molecule has 0 radical (unpaired) electrons. The van der Waals surface area contributed by atoms with E-state index in [-0.39, 0.29) is 24.2 Å². The fourth-order valence-electron chi connectivity index (χ4n) is 1.47. The van der Waals surface area contributed by atoms with Crippen LogP contribution in [0.4, 0.5) is 0 Å². The van der Waals surface area contributed by atoms with Crippen molar-refractivity contribution in [2.45, 2.75) is 6.42 Å². The van der Waals surface area contributed by atoms with Crippen LogP contribution in [0.3, 0.4) is 0 Å². The molecule has 0 saturated carbocycles. The van der Waals surface area contributed by atoms with E-state index in [4.69, 9.17) is 0 Å². The summed E-state index contributed by atoms with van der Waals surface area (Å²) in [6.07, 6.45) is 0.704. The van der Waals surface area contributed by atoms with Gasteiger partial charge in [0, 0.05) is 23.1 Å². The number of benzene rings is 1. The number of hydrogen-bond donors (Lipinski definition) is 3. The smallest absolute Gasteiger partial charge is 0.251 e. The van der Waals surface area contributed by atoms with E-state index < -0.39 is 0 Å². The number of halogens is 2. The van der Waals surface area contributed by atoms with Gasteiger partial charge < -0.3 is 16.0 Å². The zero-order valence-corrected chi connectivity index (χ0v) is 13.6. The highest BCUT2D eigenvalue weighted by Gasteiger charge is 2.04. The Hall–Kier alpha value is -1.11. The predicted octanol–water partition coefficient (Wildman–Crippen LogP) is 1.33. The molecule has 0 aliphatic rings. The van der Waals surface area contributed by atoms with Crippen LogP contribution in [0.5, 0.6) is 0 Å². The molecule has 2 amide bonds. The number of amides is 2. The van der Waals surface area contributed by atoms with Gasteiger partial charge >= 0.3 is 0 Å². The van der Waals surface area contributed by atoms with Gasteiger partial charge in [-0.1, -0.05) is 22.0 Å². The van der Waals surface area contributed by atoms with E-state index in [0.717, 1.165) is 4.47 Å². The van der Waals surface area contributed by atoms with E-state index in [9.17, 15) is 9.59 Å². The van der Waals surface area contributed by atoms with Gasteiger partial charge in [0.15, 0.2) is 0 Å². The molecule has 0 atom stereocenters. The molecule has 0 aliphatic carbocycles. The lowest BCUT2D eigenvalue weighted by molar-refractivity contribution is -0.120. The number of carbonyl (C=O) groups excluding carboxylic acids is 2. The lowest BCUT2D eigenvalue weighted by atomic mass is 10.2. The summed E-state index contributed by atoms with van der Waals surface area (Å²) in [4.78, 5) is 22.9. The standard InChI is InChI=1S/C13H18BrN3O2.ClH/c1-15-9-12(18)16-6-3-7-17-13(19)10-4-2-5-11(14)8-10;/h2,4-5,8,15H,3,6-7,9H2,1H3,(H,16,18)(H,17,19);1H. The second kappa shape index (κ2) is 10.7. The van der Waals surface area contributed by atoms with E-state index in [1.54, 1.807) is 19.2 Å². The summed E-state index contributed by atoms with van der Waals surface area (Å²) in [7, 11) is 1.72. The topological polar surface area (TPSA) is 70.2 Å². The quantitative estimate of drug-likeness (QED) is 0.639. The van der Waals surface area contributed by atoms with Crippen molar-refractivity contribution in [3.63, 3.8) is 0 Å². The highest BCUT2D eigenvalue weighted by Crippen LogP contribution is 2.11. The van der Waals surface area contributed by atoms with Crippen LogP contribution in [-0.4, -0.2) is 38.5 Å². The lowest BCUT2D eigenvalue weighted by Crippen LogP contribution is -2.34. The Bertz CT molecular complexity index is 443. The molecule has 3 N–H and O–H groups in total. The third kappa shape index (κ3) is 7.47. The van der Waals surface area contributed by atoms with Gasteiger partial charge in [0.25, 0.3) is 5.91 Å². The van der Waals surface area contributed by atoms with Crippen LogP contribution in [-0.2, 0) is 4.79 Å². The molecule has 0 heterocycles. The van der Waals surface area contributed by atoms with Gasteiger partial charge in [0.2, 0.25) is 5.91 Å². The van der Waals surface area contributed by atoms with Gasteiger partial charge in [-0.05, 0) is 31.7 Å². The minimum Gasteiger partial charge on any atom is -0.355 e. The van der Waals surface area contributed by atoms with Crippen molar-refractivity contribution in [3.8, 4) is 0 Å². The molecular weight excluding hydrogens is 346 g/mol. The highest BCUT2D eigenvalue weighted by molar-refractivity contribution is 9.10. The van der Waals surface area contributed by atoms with Gasteiger partial charge in [-0.25, -0.2) is 0 Å². The van der Waals surface area contributed by atoms with Gasteiger partial charge in [0.05, 0.1) is 6.54 Å². The van der Waals surface area contributed by atoms with E-state index in [1.165, 1.54) is 0 Å². The third-order valence-corrected chi connectivity index (χ3v) is 2.88. The van der Waals surface area contributed by atoms with Gasteiger partial charge in [-0.15, -0.1) is 12.4 Å². The third-order valence-electron chi connectivity index (χ3n) is 2.39. The Morgan fingerprint density at radius 1 is 1.20 bits per heavy atom. The molecule has 0 fully saturated rings. The molecule has 5 nitrogen and oxygen atoms in total. The molecule has 0 aliphatic heterocycles. The summed E-state index contributed by atoms with van der Waals surface area (Å²) >= 11 is 3.32. The average molecular weight is 365 g/mol. The van der Waals surface area contributed by atoms with Gasteiger partial charge in [0.1, 0.15) is 0 Å². The molecule has 0 saturated heterocycles. The van der Waals surface area contributed by atoms with Crippen LogP contribution in [0.2, 0.25) is 0 Å². The van der Waals surface area contributed by atoms with Crippen molar-refractivity contribution < 1.29 is 9.59 Å². The number of carbonyl (C=O) groups is 2. The van der Waals surface area contributed by atoms with E-state index in [0.29, 0.717) is 31.6 Å². The van der Waals surface area contributed by atoms with Crippen LogP contribution in [0.15, 0.2) is 28.7 Å². The van der Waals surface area contributed by atoms with Crippen LogP contribution in [0.25, 0.3) is 0 Å². The number of likely N-dealkylation sites (N-methyl/N-ethyl adjacent to an activating group) is 1. The van der Waals surface area contributed by atoms with E-state index in [2.05, 4.69) is 31.9 Å². The zero-order valence-electron chi connectivity index (χ0n) is 11.2. The van der Waals surface area contributed by atoms with Crippen LogP contribution in [0.1, 0.15) is 16.8 Å². The van der Waals surface area contributed by atoms with Crippen molar-refractivity contribution in [2.24, 2.45) is 0 Å². The fraction of sp³-hybridized carbons (Fsp3) is 0.385.